The molecule has 1 N–H and O–H groups in total. The number of hydrogen-bond acceptors (Lipinski definition) is 4. The van der Waals surface area contributed by atoms with Gasteiger partial charge in [-0.25, -0.2) is 0 Å². The zero-order valence-electron chi connectivity index (χ0n) is 22.2. The van der Waals surface area contributed by atoms with Crippen molar-refractivity contribution in [3.8, 4) is 5.75 Å². The van der Waals surface area contributed by atoms with Crippen LogP contribution in [0.15, 0.2) is 18.2 Å². The minimum atomic E-state index is 0.0801. The minimum absolute atomic E-state index is 0.0801. The van der Waals surface area contributed by atoms with Gasteiger partial charge >= 0.3 is 0 Å². The van der Waals surface area contributed by atoms with Gasteiger partial charge in [-0.15, -0.1) is 0 Å². The lowest BCUT2D eigenvalue weighted by atomic mass is 9.90. The third-order valence-corrected chi connectivity index (χ3v) is 7.66. The van der Waals surface area contributed by atoms with Crippen LogP contribution in [0.3, 0.4) is 0 Å². The molecule has 2 amide bonds. The van der Waals surface area contributed by atoms with Gasteiger partial charge in [0.15, 0.2) is 0 Å². The zero-order valence-corrected chi connectivity index (χ0v) is 22.2. The van der Waals surface area contributed by atoms with E-state index in [1.54, 1.807) is 0 Å². The number of unbranched alkanes of at least 4 members (excludes halogenated alkanes) is 1. The Hall–Kier alpha value is -2.08. The Bertz CT molecular complexity index is 785. The molecule has 0 unspecified atom stereocenters. The summed E-state index contributed by atoms with van der Waals surface area (Å²) in [4.78, 5) is 29.3. The Labute approximate surface area is 212 Å². The van der Waals surface area contributed by atoms with Gasteiger partial charge in [-0.2, -0.15) is 0 Å². The van der Waals surface area contributed by atoms with E-state index in [1.165, 1.54) is 44.9 Å². The summed E-state index contributed by atoms with van der Waals surface area (Å²) in [6.45, 7) is 9.82. The highest BCUT2D eigenvalue weighted by Gasteiger charge is 2.20. The molecule has 0 aromatic heterocycles. The molecule has 35 heavy (non-hydrogen) atoms. The summed E-state index contributed by atoms with van der Waals surface area (Å²) in [7, 11) is 0. The van der Waals surface area contributed by atoms with Crippen LogP contribution in [0.25, 0.3) is 0 Å². The fourth-order valence-electron chi connectivity index (χ4n) is 5.33. The number of fused-ring (bicyclic) bond motifs is 1. The highest BCUT2D eigenvalue weighted by molar-refractivity contribution is 5.94. The number of anilines is 1. The quantitative estimate of drug-likeness (QED) is 0.367. The molecule has 6 heteroatoms. The summed E-state index contributed by atoms with van der Waals surface area (Å²) in [5.74, 6) is 1.89. The van der Waals surface area contributed by atoms with Crippen molar-refractivity contribution in [2.75, 3.05) is 44.6 Å². The molecular formula is C29H47N3O3. The van der Waals surface area contributed by atoms with E-state index < -0.39 is 0 Å². The number of hydrogen-bond donors (Lipinski definition) is 1. The summed E-state index contributed by atoms with van der Waals surface area (Å²) in [6, 6.07) is 5.87. The van der Waals surface area contributed by atoms with E-state index >= 15 is 0 Å². The van der Waals surface area contributed by atoms with Crippen molar-refractivity contribution in [3.63, 3.8) is 0 Å². The van der Waals surface area contributed by atoms with Crippen molar-refractivity contribution in [2.45, 2.75) is 90.9 Å². The number of rotatable bonds is 13. The van der Waals surface area contributed by atoms with Gasteiger partial charge in [-0.3, -0.25) is 9.59 Å². The number of ether oxygens (including phenoxy) is 1. The molecule has 0 saturated heterocycles. The number of likely N-dealkylation sites (N-methyl/N-ethyl adjacent to an activating group) is 1. The molecule has 1 saturated carbocycles. The highest BCUT2D eigenvalue weighted by Crippen LogP contribution is 2.27. The van der Waals surface area contributed by atoms with Gasteiger partial charge in [0.25, 0.3) is 0 Å². The number of aryl methyl sites for hydroxylation is 1. The fraction of sp³-hybridized carbons (Fsp3) is 0.724. The smallest absolute Gasteiger partial charge is 0.224 e. The number of carbonyl (C=O) groups is 2. The van der Waals surface area contributed by atoms with Crippen LogP contribution in [0, 0.1) is 5.92 Å². The molecule has 1 aromatic rings. The molecule has 1 aromatic carbocycles. The third kappa shape index (κ3) is 9.47. The van der Waals surface area contributed by atoms with Crippen LogP contribution in [0.5, 0.6) is 5.75 Å². The summed E-state index contributed by atoms with van der Waals surface area (Å²) >= 11 is 0. The molecule has 3 rings (SSSR count). The normalized spacial score (nSPS) is 16.8. The molecule has 1 fully saturated rings. The number of benzene rings is 1. The van der Waals surface area contributed by atoms with Crippen LogP contribution in [0.4, 0.5) is 5.69 Å². The molecule has 6 nitrogen and oxygen atoms in total. The second-order valence-electron chi connectivity index (χ2n) is 10.3. The first-order chi connectivity index (χ1) is 17.1. The number of amides is 2. The van der Waals surface area contributed by atoms with Crippen LogP contribution in [0.1, 0.15) is 90.0 Å². The predicted molar refractivity (Wildman–Crippen MR) is 143 cm³/mol. The van der Waals surface area contributed by atoms with E-state index in [1.807, 2.05) is 18.2 Å². The lowest BCUT2D eigenvalue weighted by Gasteiger charge is -2.31. The van der Waals surface area contributed by atoms with Crippen molar-refractivity contribution in [1.82, 2.24) is 9.80 Å². The van der Waals surface area contributed by atoms with Crippen molar-refractivity contribution >= 4 is 17.5 Å². The second kappa shape index (κ2) is 15.1. The van der Waals surface area contributed by atoms with Crippen molar-refractivity contribution in [2.24, 2.45) is 5.92 Å². The molecular weight excluding hydrogens is 438 g/mol. The van der Waals surface area contributed by atoms with Crippen LogP contribution >= 0.6 is 0 Å². The Balaban J connectivity index is 1.43. The monoisotopic (exact) mass is 485 g/mol. The highest BCUT2D eigenvalue weighted by atomic mass is 16.5. The summed E-state index contributed by atoms with van der Waals surface area (Å²) in [5, 5.41) is 2.91. The second-order valence-corrected chi connectivity index (χ2v) is 10.3. The van der Waals surface area contributed by atoms with E-state index in [9.17, 15) is 9.59 Å². The molecule has 1 aliphatic heterocycles. The number of nitrogens with zero attached hydrogens (tertiary/aromatic N) is 2. The Kier molecular flexibility index (Phi) is 11.9. The Morgan fingerprint density at radius 1 is 1.00 bits per heavy atom. The van der Waals surface area contributed by atoms with Crippen molar-refractivity contribution < 1.29 is 14.3 Å². The first-order valence-electron chi connectivity index (χ1n) is 14.1. The SMILES string of the molecule is CCN(CC)CCN(CC1CCCCCCC1)C(=O)CCCCOc1ccc2c(c1)CCC(=O)N2. The molecule has 2 aliphatic rings. The van der Waals surface area contributed by atoms with E-state index in [-0.39, 0.29) is 5.91 Å². The molecule has 0 bridgehead atoms. The van der Waals surface area contributed by atoms with Crippen LogP contribution in [-0.2, 0) is 16.0 Å². The summed E-state index contributed by atoms with van der Waals surface area (Å²) in [5.41, 5.74) is 2.03. The first kappa shape index (κ1) is 27.5. The minimum Gasteiger partial charge on any atom is -0.494 e. The fourth-order valence-corrected chi connectivity index (χ4v) is 5.33. The van der Waals surface area contributed by atoms with Crippen molar-refractivity contribution in [3.05, 3.63) is 23.8 Å². The zero-order chi connectivity index (χ0) is 24.9. The lowest BCUT2D eigenvalue weighted by molar-refractivity contribution is -0.132. The van der Waals surface area contributed by atoms with Crippen LogP contribution in [0.2, 0.25) is 0 Å². The lowest BCUT2D eigenvalue weighted by Crippen LogP contribution is -2.41. The van der Waals surface area contributed by atoms with Gasteiger partial charge in [-0.1, -0.05) is 46.0 Å². The van der Waals surface area contributed by atoms with Gasteiger partial charge in [0.05, 0.1) is 6.61 Å². The molecule has 0 spiro atoms. The van der Waals surface area contributed by atoms with E-state index in [2.05, 4.69) is 29.0 Å². The molecule has 0 atom stereocenters. The molecule has 0 radical (unpaired) electrons. The largest absolute Gasteiger partial charge is 0.494 e. The standard InChI is InChI=1S/C29H47N3O3/c1-3-31(4-2)19-20-32(23-24-12-8-6-5-7-9-13-24)29(34)14-10-11-21-35-26-16-17-27-25(22-26)15-18-28(33)30-27/h16-17,22,24H,3-15,18-21,23H2,1-2H3,(H,30,33). The third-order valence-electron chi connectivity index (χ3n) is 7.66. The van der Waals surface area contributed by atoms with E-state index in [0.29, 0.717) is 31.3 Å². The predicted octanol–water partition coefficient (Wildman–Crippen LogP) is 5.65. The maximum Gasteiger partial charge on any atom is 0.224 e. The average molecular weight is 486 g/mol. The number of nitrogens with one attached hydrogen (secondary N) is 1. The molecule has 1 heterocycles. The van der Waals surface area contributed by atoms with Crippen LogP contribution < -0.4 is 10.1 Å². The van der Waals surface area contributed by atoms with E-state index in [0.717, 1.165) is 69.0 Å². The maximum atomic E-state index is 13.2. The summed E-state index contributed by atoms with van der Waals surface area (Å²) < 4.78 is 5.95. The Morgan fingerprint density at radius 3 is 2.49 bits per heavy atom. The Morgan fingerprint density at radius 2 is 1.74 bits per heavy atom. The van der Waals surface area contributed by atoms with Gasteiger partial charge in [0.1, 0.15) is 5.75 Å². The van der Waals surface area contributed by atoms with Crippen LogP contribution in [-0.4, -0.2) is 60.9 Å². The average Bonchev–Trinajstić information content (AvgIpc) is 2.84. The van der Waals surface area contributed by atoms with Gasteiger partial charge in [-0.05, 0) is 74.9 Å². The van der Waals surface area contributed by atoms with Gasteiger partial charge in [0.2, 0.25) is 11.8 Å². The topological polar surface area (TPSA) is 61.9 Å². The maximum absolute atomic E-state index is 13.2. The first-order valence-corrected chi connectivity index (χ1v) is 14.1. The summed E-state index contributed by atoms with van der Waals surface area (Å²) in [6.07, 6.45) is 12.9. The molecule has 196 valence electrons. The number of carbonyl (C=O) groups excluding carboxylic acids is 2. The van der Waals surface area contributed by atoms with Gasteiger partial charge < -0.3 is 19.9 Å². The van der Waals surface area contributed by atoms with Crippen molar-refractivity contribution in [1.29, 1.82) is 0 Å². The molecule has 1 aliphatic carbocycles. The van der Waals surface area contributed by atoms with E-state index in [4.69, 9.17) is 4.74 Å². The van der Waals surface area contributed by atoms with Gasteiger partial charge in [0, 0.05) is 38.2 Å².